The molecule has 0 bridgehead atoms. The van der Waals surface area contributed by atoms with E-state index in [2.05, 4.69) is 11.6 Å². The van der Waals surface area contributed by atoms with E-state index in [9.17, 15) is 9.90 Å². The summed E-state index contributed by atoms with van der Waals surface area (Å²) in [7, 11) is 0. The lowest BCUT2D eigenvalue weighted by Gasteiger charge is -2.31. The Morgan fingerprint density at radius 1 is 1.29 bits per heavy atom. The van der Waals surface area contributed by atoms with Crippen LogP contribution in [-0.4, -0.2) is 35.2 Å². The van der Waals surface area contributed by atoms with Gasteiger partial charge in [0, 0.05) is 6.04 Å². The van der Waals surface area contributed by atoms with Crippen molar-refractivity contribution in [2.24, 2.45) is 5.92 Å². The summed E-state index contributed by atoms with van der Waals surface area (Å²) in [5.74, 6) is 1.31. The van der Waals surface area contributed by atoms with E-state index >= 15 is 0 Å². The second kappa shape index (κ2) is 8.44. The van der Waals surface area contributed by atoms with E-state index in [4.69, 9.17) is 0 Å². The van der Waals surface area contributed by atoms with E-state index in [0.29, 0.717) is 12.5 Å². The van der Waals surface area contributed by atoms with Crippen LogP contribution in [0.25, 0.3) is 0 Å². The number of nitrogens with one attached hydrogen (secondary N) is 1. The van der Waals surface area contributed by atoms with Crippen LogP contribution in [0.3, 0.4) is 0 Å². The molecule has 0 radical (unpaired) electrons. The van der Waals surface area contributed by atoms with Gasteiger partial charge in [-0.25, -0.2) is 0 Å². The first-order valence-electron chi connectivity index (χ1n) is 7.70. The highest BCUT2D eigenvalue weighted by Crippen LogP contribution is 2.27. The van der Waals surface area contributed by atoms with Crippen molar-refractivity contribution >= 4 is 17.7 Å². The molecule has 1 saturated carbocycles. The van der Waals surface area contributed by atoms with E-state index < -0.39 is 12.0 Å². The van der Waals surface area contributed by atoms with Gasteiger partial charge in [-0.15, -0.1) is 0 Å². The molecule has 1 atom stereocenters. The fraction of sp³-hybridized carbons (Fsp3) is 0.588. The van der Waals surface area contributed by atoms with Crippen molar-refractivity contribution in [3.63, 3.8) is 0 Å². The van der Waals surface area contributed by atoms with Gasteiger partial charge in [-0.2, -0.15) is 11.8 Å². The van der Waals surface area contributed by atoms with Gasteiger partial charge in [-0.1, -0.05) is 30.3 Å². The smallest absolute Gasteiger partial charge is 0.321 e. The molecule has 0 spiro atoms. The molecular formula is C17H25NO2S. The maximum atomic E-state index is 11.5. The standard InChI is InChI=1S/C17H25NO2S/c1-21-12-14-7-9-15(10-8-14)18-16(17(19)20)11-13-5-3-2-4-6-13/h2-6,14-16,18H,7-12H2,1H3,(H,19,20)/t14?,15?,16-/m0/s1. The van der Waals surface area contributed by atoms with Crippen LogP contribution in [0.4, 0.5) is 0 Å². The lowest BCUT2D eigenvalue weighted by Crippen LogP contribution is -2.46. The Hall–Kier alpha value is -1.00. The Morgan fingerprint density at radius 2 is 1.95 bits per heavy atom. The maximum absolute atomic E-state index is 11.5. The van der Waals surface area contributed by atoms with Gasteiger partial charge in [0.2, 0.25) is 0 Å². The van der Waals surface area contributed by atoms with Gasteiger partial charge < -0.3 is 10.4 Å². The third-order valence-corrected chi connectivity index (χ3v) is 5.07. The molecule has 2 rings (SSSR count). The lowest BCUT2D eigenvalue weighted by molar-refractivity contribution is -0.139. The van der Waals surface area contributed by atoms with E-state index in [1.165, 1.54) is 18.6 Å². The summed E-state index contributed by atoms with van der Waals surface area (Å²) in [6.07, 6.45) is 7.35. The van der Waals surface area contributed by atoms with Crippen LogP contribution >= 0.6 is 11.8 Å². The van der Waals surface area contributed by atoms with Gasteiger partial charge in [-0.05, 0) is 55.6 Å². The molecule has 3 nitrogen and oxygen atoms in total. The molecule has 1 aliphatic carbocycles. The van der Waals surface area contributed by atoms with E-state index in [0.717, 1.165) is 24.3 Å². The number of benzene rings is 1. The van der Waals surface area contributed by atoms with Gasteiger partial charge in [0.15, 0.2) is 0 Å². The molecule has 0 unspecified atom stereocenters. The number of aliphatic carboxylic acids is 1. The highest BCUT2D eigenvalue weighted by atomic mass is 32.2. The maximum Gasteiger partial charge on any atom is 0.321 e. The minimum absolute atomic E-state index is 0.355. The predicted molar refractivity (Wildman–Crippen MR) is 88.8 cm³/mol. The molecule has 0 aromatic heterocycles. The van der Waals surface area contributed by atoms with Crippen molar-refractivity contribution < 1.29 is 9.90 Å². The third-order valence-electron chi connectivity index (χ3n) is 4.27. The van der Waals surface area contributed by atoms with Gasteiger partial charge in [0.05, 0.1) is 0 Å². The molecule has 116 valence electrons. The van der Waals surface area contributed by atoms with Crippen molar-refractivity contribution in [1.29, 1.82) is 0 Å². The van der Waals surface area contributed by atoms with E-state index in [1.807, 2.05) is 42.1 Å². The molecule has 1 aromatic carbocycles. The van der Waals surface area contributed by atoms with Crippen molar-refractivity contribution in [3.8, 4) is 0 Å². The van der Waals surface area contributed by atoms with Crippen molar-refractivity contribution in [2.45, 2.75) is 44.2 Å². The number of hydrogen-bond acceptors (Lipinski definition) is 3. The summed E-state index contributed by atoms with van der Waals surface area (Å²) in [5.41, 5.74) is 1.08. The average molecular weight is 307 g/mol. The number of rotatable bonds is 7. The second-order valence-electron chi connectivity index (χ2n) is 5.92. The van der Waals surface area contributed by atoms with Gasteiger partial charge in [0.25, 0.3) is 0 Å². The van der Waals surface area contributed by atoms with Crippen molar-refractivity contribution in [3.05, 3.63) is 35.9 Å². The first-order chi connectivity index (χ1) is 10.2. The quantitative estimate of drug-likeness (QED) is 0.812. The summed E-state index contributed by atoms with van der Waals surface area (Å²) in [5, 5.41) is 12.8. The first-order valence-corrected chi connectivity index (χ1v) is 9.10. The topological polar surface area (TPSA) is 49.3 Å². The molecule has 4 heteroatoms. The van der Waals surface area contributed by atoms with Crippen LogP contribution < -0.4 is 5.32 Å². The monoisotopic (exact) mass is 307 g/mol. The number of carboxylic acid groups (broad SMARTS) is 1. The number of carbonyl (C=O) groups is 1. The Bertz CT molecular complexity index is 430. The zero-order chi connectivity index (χ0) is 15.1. The molecule has 1 fully saturated rings. The Labute approximate surface area is 131 Å². The Kier molecular flexibility index (Phi) is 6.58. The van der Waals surface area contributed by atoms with E-state index in [1.54, 1.807) is 0 Å². The Balaban J connectivity index is 1.85. The van der Waals surface area contributed by atoms with Crippen LogP contribution in [0.2, 0.25) is 0 Å². The molecular weight excluding hydrogens is 282 g/mol. The molecule has 21 heavy (non-hydrogen) atoms. The third kappa shape index (κ3) is 5.36. The predicted octanol–water partition coefficient (Wildman–Crippen LogP) is 3.19. The summed E-state index contributed by atoms with van der Waals surface area (Å²) in [6, 6.07) is 9.74. The van der Waals surface area contributed by atoms with Crippen LogP contribution in [0.15, 0.2) is 30.3 Å². The van der Waals surface area contributed by atoms with Gasteiger partial charge in [-0.3, -0.25) is 4.79 Å². The molecule has 0 saturated heterocycles. The molecule has 1 aliphatic rings. The highest BCUT2D eigenvalue weighted by Gasteiger charge is 2.26. The fourth-order valence-corrected chi connectivity index (χ4v) is 3.89. The highest BCUT2D eigenvalue weighted by molar-refractivity contribution is 7.98. The van der Waals surface area contributed by atoms with Crippen LogP contribution in [0, 0.1) is 5.92 Å². The van der Waals surface area contributed by atoms with Gasteiger partial charge in [0.1, 0.15) is 6.04 Å². The summed E-state index contributed by atoms with van der Waals surface area (Å²) < 4.78 is 0. The SMILES string of the molecule is CSCC1CCC(N[C@@H](Cc2ccccc2)C(=O)O)CC1. The molecule has 2 N–H and O–H groups in total. The first kappa shape index (κ1) is 16.4. The fourth-order valence-electron chi connectivity index (χ4n) is 3.08. The summed E-state index contributed by atoms with van der Waals surface area (Å²) in [6.45, 7) is 0. The lowest BCUT2D eigenvalue weighted by atomic mass is 9.86. The minimum atomic E-state index is -0.745. The average Bonchev–Trinajstić information content (AvgIpc) is 2.50. The van der Waals surface area contributed by atoms with E-state index in [-0.39, 0.29) is 0 Å². The second-order valence-corrected chi connectivity index (χ2v) is 6.83. The van der Waals surface area contributed by atoms with Gasteiger partial charge >= 0.3 is 5.97 Å². The van der Waals surface area contributed by atoms with Crippen molar-refractivity contribution in [2.75, 3.05) is 12.0 Å². The van der Waals surface area contributed by atoms with Crippen LogP contribution in [0.1, 0.15) is 31.2 Å². The summed E-state index contributed by atoms with van der Waals surface area (Å²) in [4.78, 5) is 11.5. The van der Waals surface area contributed by atoms with Crippen LogP contribution in [0.5, 0.6) is 0 Å². The zero-order valence-corrected chi connectivity index (χ0v) is 13.4. The Morgan fingerprint density at radius 3 is 2.52 bits per heavy atom. The number of hydrogen-bond donors (Lipinski definition) is 2. The minimum Gasteiger partial charge on any atom is -0.480 e. The normalized spacial score (nSPS) is 23.7. The number of thioether (sulfide) groups is 1. The largest absolute Gasteiger partial charge is 0.480 e. The molecule has 1 aromatic rings. The zero-order valence-electron chi connectivity index (χ0n) is 12.6. The van der Waals surface area contributed by atoms with Crippen LogP contribution in [-0.2, 0) is 11.2 Å². The molecule has 0 heterocycles. The van der Waals surface area contributed by atoms with Crippen molar-refractivity contribution in [1.82, 2.24) is 5.32 Å². The summed E-state index contributed by atoms with van der Waals surface area (Å²) >= 11 is 1.92. The molecule has 0 amide bonds. The number of carboxylic acids is 1. The molecule has 0 aliphatic heterocycles.